The van der Waals surface area contributed by atoms with Crippen LogP contribution in [0.2, 0.25) is 0 Å². The third kappa shape index (κ3) is 3.08. The van der Waals surface area contributed by atoms with Crippen molar-refractivity contribution < 1.29 is 22.4 Å². The molecule has 2 nitrogen and oxygen atoms in total. The van der Waals surface area contributed by atoms with Gasteiger partial charge in [0.1, 0.15) is 5.75 Å². The van der Waals surface area contributed by atoms with E-state index >= 15 is 0 Å². The second-order valence-corrected chi connectivity index (χ2v) is 3.33. The van der Waals surface area contributed by atoms with E-state index in [1.54, 1.807) is 0 Å². The zero-order valence-corrected chi connectivity index (χ0v) is 9.17. The Labute approximate surface area is 92.4 Å². The van der Waals surface area contributed by atoms with E-state index in [1.165, 1.54) is 19.2 Å². The second-order valence-electron chi connectivity index (χ2n) is 3.33. The van der Waals surface area contributed by atoms with Crippen LogP contribution in [0.25, 0.3) is 0 Å². The van der Waals surface area contributed by atoms with Crippen LogP contribution < -0.4 is 14.9 Å². The summed E-state index contributed by atoms with van der Waals surface area (Å²) >= 11 is 0. The van der Waals surface area contributed by atoms with E-state index in [2.05, 4.69) is 0 Å². The molecule has 0 saturated carbocycles. The summed E-state index contributed by atoms with van der Waals surface area (Å²) in [5, 5.41) is 0. The van der Waals surface area contributed by atoms with Gasteiger partial charge in [0.2, 0.25) is 0 Å². The number of methoxy groups -OCH3 is 1. The predicted octanol–water partition coefficient (Wildman–Crippen LogP) is 2.54. The first-order chi connectivity index (χ1) is 7.49. The smallest absolute Gasteiger partial charge is 0.497 e. The molecule has 0 aliphatic heterocycles. The van der Waals surface area contributed by atoms with Crippen molar-refractivity contribution in [1.29, 1.82) is 0 Å². The van der Waals surface area contributed by atoms with Crippen molar-refractivity contribution in [2.75, 3.05) is 13.7 Å². The average Bonchev–Trinajstić information content (AvgIpc) is 2.25. The maximum absolute atomic E-state index is 12.7. The first-order valence-corrected chi connectivity index (χ1v) is 4.99. The molecule has 6 heteroatoms. The van der Waals surface area contributed by atoms with Crippen LogP contribution in [-0.2, 0) is 0 Å². The summed E-state index contributed by atoms with van der Waals surface area (Å²) in [6, 6.07) is 3.71. The van der Waals surface area contributed by atoms with E-state index in [0.29, 0.717) is 6.42 Å². The lowest BCUT2D eigenvalue weighted by Crippen LogP contribution is -2.35. The minimum atomic E-state index is -5.08. The zero-order valence-electron chi connectivity index (χ0n) is 9.17. The normalized spacial score (nSPS) is 11.3. The summed E-state index contributed by atoms with van der Waals surface area (Å²) in [5.41, 5.74) is -0.743. The van der Waals surface area contributed by atoms with Gasteiger partial charge in [-0.25, -0.2) is 0 Å². The Morgan fingerprint density at radius 3 is 2.44 bits per heavy atom. The molecule has 16 heavy (non-hydrogen) atoms. The number of hydrogen-bond donors (Lipinski definition) is 0. The van der Waals surface area contributed by atoms with Crippen molar-refractivity contribution in [2.24, 2.45) is 0 Å². The molecule has 0 aliphatic rings. The lowest BCUT2D eigenvalue weighted by atomic mass is 9.79. The second kappa shape index (κ2) is 5.14. The Bertz CT molecular complexity index is 352. The van der Waals surface area contributed by atoms with Gasteiger partial charge in [-0.05, 0) is 24.6 Å². The fraction of sp³-hybridized carbons (Fsp3) is 0.400. The van der Waals surface area contributed by atoms with E-state index in [-0.39, 0.29) is 18.1 Å². The first-order valence-electron chi connectivity index (χ1n) is 4.99. The largest absolute Gasteiger partial charge is 0.513 e. The molecule has 0 radical (unpaired) electrons. The van der Waals surface area contributed by atoms with Gasteiger partial charge in [0.25, 0.3) is 0 Å². The molecule has 0 spiro atoms. The summed E-state index contributed by atoms with van der Waals surface area (Å²) in [6.45, 7) is -2.98. The van der Waals surface area contributed by atoms with Gasteiger partial charge in [-0.2, -0.15) is 0 Å². The van der Waals surface area contributed by atoms with Gasteiger partial charge in [-0.1, -0.05) is 12.4 Å². The summed E-state index contributed by atoms with van der Waals surface area (Å²) in [6.07, 6.45) is 0.663. The number of halogens is 3. The summed E-state index contributed by atoms with van der Waals surface area (Å²) in [5.74, 6) is 0.0493. The number of hydrogen-bond acceptors (Lipinski definition) is 2. The standard InChI is InChI=1S/C10H13BF3O2/c1-3-6-16-10-5-4-8(15-2)7-9(10)11(12,13)14/h4-5,7H,3,6H2,1-2H3/q-1. The molecule has 0 atom stereocenters. The Balaban J connectivity index is 3.06. The van der Waals surface area contributed by atoms with Crippen LogP contribution in [0.5, 0.6) is 11.5 Å². The lowest BCUT2D eigenvalue weighted by molar-refractivity contribution is 0.317. The van der Waals surface area contributed by atoms with E-state index < -0.39 is 12.4 Å². The fourth-order valence-corrected chi connectivity index (χ4v) is 1.25. The molecule has 0 saturated heterocycles. The minimum absolute atomic E-state index is 0.129. The number of rotatable bonds is 5. The zero-order chi connectivity index (χ0) is 12.2. The molecular weight excluding hydrogens is 220 g/mol. The Kier molecular flexibility index (Phi) is 4.09. The minimum Gasteiger partial charge on any atom is -0.497 e. The predicted molar refractivity (Wildman–Crippen MR) is 57.5 cm³/mol. The highest BCUT2D eigenvalue weighted by atomic mass is 19.4. The third-order valence-corrected chi connectivity index (χ3v) is 2.03. The highest BCUT2D eigenvalue weighted by Gasteiger charge is 2.29. The Hall–Kier alpha value is -1.33. The van der Waals surface area contributed by atoms with Crippen LogP contribution in [0.4, 0.5) is 12.9 Å². The molecule has 0 aliphatic carbocycles. The van der Waals surface area contributed by atoms with Crippen LogP contribution in [0.1, 0.15) is 13.3 Å². The molecular formula is C10H13BF3O2-. The number of benzene rings is 1. The summed E-state index contributed by atoms with van der Waals surface area (Å²) in [7, 11) is 1.33. The van der Waals surface area contributed by atoms with Gasteiger partial charge in [-0.15, -0.1) is 0 Å². The van der Waals surface area contributed by atoms with E-state index in [9.17, 15) is 12.9 Å². The molecule has 0 bridgehead atoms. The van der Waals surface area contributed by atoms with E-state index in [4.69, 9.17) is 9.47 Å². The van der Waals surface area contributed by atoms with Crippen molar-refractivity contribution in [3.63, 3.8) is 0 Å². The highest BCUT2D eigenvalue weighted by Crippen LogP contribution is 2.22. The maximum atomic E-state index is 12.7. The molecule has 90 valence electrons. The average molecular weight is 233 g/mol. The topological polar surface area (TPSA) is 18.5 Å². The molecule has 0 fully saturated rings. The van der Waals surface area contributed by atoms with Crippen molar-refractivity contribution in [3.8, 4) is 11.5 Å². The van der Waals surface area contributed by atoms with E-state index in [0.717, 1.165) is 6.07 Å². The monoisotopic (exact) mass is 233 g/mol. The molecule has 0 unspecified atom stereocenters. The molecule has 1 rings (SSSR count). The third-order valence-electron chi connectivity index (χ3n) is 2.03. The van der Waals surface area contributed by atoms with Gasteiger partial charge in [0.15, 0.2) is 0 Å². The van der Waals surface area contributed by atoms with E-state index in [1.807, 2.05) is 6.92 Å². The fourth-order valence-electron chi connectivity index (χ4n) is 1.25. The molecule has 1 aromatic carbocycles. The molecule has 0 amide bonds. The van der Waals surface area contributed by atoms with Crippen LogP contribution in [0.3, 0.4) is 0 Å². The Morgan fingerprint density at radius 1 is 1.25 bits per heavy atom. The van der Waals surface area contributed by atoms with Gasteiger partial charge in [-0.3, -0.25) is 0 Å². The number of ether oxygens (including phenoxy) is 2. The summed E-state index contributed by atoms with van der Waals surface area (Å²) < 4.78 is 48.0. The van der Waals surface area contributed by atoms with Crippen LogP contribution >= 0.6 is 0 Å². The molecule has 0 heterocycles. The van der Waals surface area contributed by atoms with Crippen molar-refractivity contribution in [1.82, 2.24) is 0 Å². The van der Waals surface area contributed by atoms with Crippen molar-refractivity contribution in [3.05, 3.63) is 18.2 Å². The van der Waals surface area contributed by atoms with Gasteiger partial charge in [0.05, 0.1) is 19.5 Å². The van der Waals surface area contributed by atoms with Crippen LogP contribution in [-0.4, -0.2) is 20.7 Å². The highest BCUT2D eigenvalue weighted by molar-refractivity contribution is 6.74. The summed E-state index contributed by atoms with van der Waals surface area (Å²) in [4.78, 5) is 0. The first kappa shape index (κ1) is 12.7. The van der Waals surface area contributed by atoms with Gasteiger partial charge >= 0.3 is 6.98 Å². The van der Waals surface area contributed by atoms with Crippen molar-refractivity contribution in [2.45, 2.75) is 13.3 Å². The molecule has 1 aromatic rings. The maximum Gasteiger partial charge on any atom is 0.513 e. The lowest BCUT2D eigenvalue weighted by Gasteiger charge is -2.20. The SMILES string of the molecule is CCCOc1ccc(OC)cc1[B-](F)(F)F. The van der Waals surface area contributed by atoms with Crippen LogP contribution in [0.15, 0.2) is 18.2 Å². The molecule has 0 N–H and O–H groups in total. The van der Waals surface area contributed by atoms with Crippen molar-refractivity contribution >= 4 is 12.4 Å². The molecule has 0 aromatic heterocycles. The Morgan fingerprint density at radius 2 is 1.94 bits per heavy atom. The van der Waals surface area contributed by atoms with Gasteiger partial charge in [0, 0.05) is 0 Å². The van der Waals surface area contributed by atoms with Gasteiger partial charge < -0.3 is 22.4 Å². The van der Waals surface area contributed by atoms with Crippen LogP contribution in [0, 0.1) is 0 Å². The quantitative estimate of drug-likeness (QED) is 0.727.